The first-order chi connectivity index (χ1) is 12.0. The smallest absolute Gasteiger partial charge is 0.213 e. The summed E-state index contributed by atoms with van der Waals surface area (Å²) in [4.78, 5) is 8.84. The van der Waals surface area contributed by atoms with Gasteiger partial charge in [0.05, 0.1) is 24.2 Å². The number of nitrogens with zero attached hydrogens (tertiary/aromatic N) is 5. The predicted octanol–water partition coefficient (Wildman–Crippen LogP) is 2.62. The Morgan fingerprint density at radius 3 is 2.56 bits per heavy atom. The number of ether oxygens (including phenoxy) is 1. The maximum absolute atomic E-state index is 9.52. The predicted molar refractivity (Wildman–Crippen MR) is 94.8 cm³/mol. The second-order valence-corrected chi connectivity index (χ2v) is 5.66. The van der Waals surface area contributed by atoms with Gasteiger partial charge in [-0.15, -0.1) is 0 Å². The standard InChI is InChI=1S/C18H18N6O/c1-10-17(11(2)24(3)23-10)15-8-12(13(9-19)18(20)22-15)14-6-5-7-16(21-14)25-4/h5-8H,1-4H3,(H2,20,22). The summed E-state index contributed by atoms with van der Waals surface area (Å²) in [6, 6.07) is 9.33. The lowest BCUT2D eigenvalue weighted by Gasteiger charge is -2.10. The molecule has 3 heterocycles. The van der Waals surface area contributed by atoms with Gasteiger partial charge in [-0.2, -0.15) is 10.4 Å². The van der Waals surface area contributed by atoms with Crippen molar-refractivity contribution in [1.29, 1.82) is 5.26 Å². The van der Waals surface area contributed by atoms with Crippen LogP contribution in [0.5, 0.6) is 5.88 Å². The molecule has 7 heteroatoms. The van der Waals surface area contributed by atoms with Crippen molar-refractivity contribution in [3.8, 4) is 34.5 Å². The van der Waals surface area contributed by atoms with Crippen LogP contribution in [0.4, 0.5) is 5.82 Å². The van der Waals surface area contributed by atoms with Crippen LogP contribution in [-0.4, -0.2) is 26.9 Å². The summed E-state index contributed by atoms with van der Waals surface area (Å²) in [5.41, 5.74) is 11.0. The molecule has 0 amide bonds. The van der Waals surface area contributed by atoms with Gasteiger partial charge in [0.2, 0.25) is 5.88 Å². The van der Waals surface area contributed by atoms with Gasteiger partial charge >= 0.3 is 0 Å². The molecule has 0 aliphatic carbocycles. The third-order valence-corrected chi connectivity index (χ3v) is 4.13. The quantitative estimate of drug-likeness (QED) is 0.790. The molecule has 3 aromatic heterocycles. The highest BCUT2D eigenvalue weighted by atomic mass is 16.5. The topological polar surface area (TPSA) is 103 Å². The van der Waals surface area contributed by atoms with E-state index in [1.165, 1.54) is 0 Å². The van der Waals surface area contributed by atoms with Crippen molar-refractivity contribution < 1.29 is 4.74 Å². The first kappa shape index (κ1) is 16.5. The number of nitrogen functional groups attached to an aromatic ring is 1. The highest BCUT2D eigenvalue weighted by molar-refractivity contribution is 5.79. The minimum absolute atomic E-state index is 0.169. The molecule has 0 aliphatic rings. The van der Waals surface area contributed by atoms with Gasteiger partial charge < -0.3 is 10.5 Å². The van der Waals surface area contributed by atoms with E-state index in [1.807, 2.05) is 39.1 Å². The molecule has 25 heavy (non-hydrogen) atoms. The van der Waals surface area contributed by atoms with E-state index in [1.54, 1.807) is 17.9 Å². The molecule has 3 rings (SSSR count). The molecule has 0 radical (unpaired) electrons. The first-order valence-corrected chi connectivity index (χ1v) is 7.68. The van der Waals surface area contributed by atoms with Crippen LogP contribution in [0.25, 0.3) is 22.5 Å². The van der Waals surface area contributed by atoms with Crippen molar-refractivity contribution >= 4 is 5.82 Å². The van der Waals surface area contributed by atoms with Gasteiger partial charge in [0.25, 0.3) is 0 Å². The number of rotatable bonds is 3. The van der Waals surface area contributed by atoms with Crippen LogP contribution >= 0.6 is 0 Å². The van der Waals surface area contributed by atoms with Crippen LogP contribution in [0, 0.1) is 25.2 Å². The summed E-state index contributed by atoms with van der Waals surface area (Å²) in [5, 5.41) is 13.9. The van der Waals surface area contributed by atoms with Crippen molar-refractivity contribution in [2.24, 2.45) is 7.05 Å². The number of aromatic nitrogens is 4. The van der Waals surface area contributed by atoms with Crippen molar-refractivity contribution in [3.63, 3.8) is 0 Å². The molecular weight excluding hydrogens is 316 g/mol. The molecule has 0 saturated heterocycles. The minimum Gasteiger partial charge on any atom is -0.481 e. The molecule has 2 N–H and O–H groups in total. The average Bonchev–Trinajstić information content (AvgIpc) is 2.86. The zero-order valence-electron chi connectivity index (χ0n) is 14.5. The molecule has 126 valence electrons. The van der Waals surface area contributed by atoms with Gasteiger partial charge in [-0.05, 0) is 26.0 Å². The SMILES string of the molecule is COc1cccc(-c2cc(-c3c(C)nn(C)c3C)nc(N)c2C#N)n1. The number of methoxy groups -OCH3 is 1. The maximum atomic E-state index is 9.52. The highest BCUT2D eigenvalue weighted by Gasteiger charge is 2.19. The molecule has 0 aromatic carbocycles. The molecule has 0 aliphatic heterocycles. The van der Waals surface area contributed by atoms with E-state index in [9.17, 15) is 5.26 Å². The summed E-state index contributed by atoms with van der Waals surface area (Å²) in [6.07, 6.45) is 0. The van der Waals surface area contributed by atoms with E-state index in [4.69, 9.17) is 10.5 Å². The lowest BCUT2D eigenvalue weighted by Crippen LogP contribution is -2.02. The van der Waals surface area contributed by atoms with Crippen LogP contribution in [0.3, 0.4) is 0 Å². The number of hydrogen-bond donors (Lipinski definition) is 1. The lowest BCUT2D eigenvalue weighted by molar-refractivity contribution is 0.398. The van der Waals surface area contributed by atoms with Gasteiger partial charge in [0.1, 0.15) is 17.5 Å². The van der Waals surface area contributed by atoms with Crippen LogP contribution in [-0.2, 0) is 7.05 Å². The van der Waals surface area contributed by atoms with Crippen LogP contribution in [0.15, 0.2) is 24.3 Å². The van der Waals surface area contributed by atoms with E-state index in [0.29, 0.717) is 28.4 Å². The van der Waals surface area contributed by atoms with Gasteiger partial charge in [0.15, 0.2) is 0 Å². The van der Waals surface area contributed by atoms with E-state index < -0.39 is 0 Å². The lowest BCUT2D eigenvalue weighted by atomic mass is 10.0. The largest absolute Gasteiger partial charge is 0.481 e. The highest BCUT2D eigenvalue weighted by Crippen LogP contribution is 2.33. The zero-order valence-corrected chi connectivity index (χ0v) is 14.5. The van der Waals surface area contributed by atoms with Gasteiger partial charge in [0, 0.05) is 29.9 Å². The summed E-state index contributed by atoms with van der Waals surface area (Å²) < 4.78 is 6.98. The maximum Gasteiger partial charge on any atom is 0.213 e. The third kappa shape index (κ3) is 2.78. The molecular formula is C18H18N6O. The molecule has 0 fully saturated rings. The van der Waals surface area contributed by atoms with E-state index in [2.05, 4.69) is 21.1 Å². The van der Waals surface area contributed by atoms with E-state index in [-0.39, 0.29) is 5.82 Å². The molecule has 0 spiro atoms. The summed E-state index contributed by atoms with van der Waals surface area (Å²) in [5.74, 6) is 0.634. The number of aryl methyl sites for hydroxylation is 2. The molecule has 0 saturated carbocycles. The molecule has 0 atom stereocenters. The fraction of sp³-hybridized carbons (Fsp3) is 0.222. The van der Waals surface area contributed by atoms with Crippen LogP contribution in [0.1, 0.15) is 17.0 Å². The first-order valence-electron chi connectivity index (χ1n) is 7.68. The van der Waals surface area contributed by atoms with Crippen molar-refractivity contribution in [1.82, 2.24) is 19.7 Å². The second kappa shape index (κ2) is 6.24. The van der Waals surface area contributed by atoms with Crippen LogP contribution in [0.2, 0.25) is 0 Å². The Morgan fingerprint density at radius 2 is 1.96 bits per heavy atom. The zero-order chi connectivity index (χ0) is 18.1. The summed E-state index contributed by atoms with van der Waals surface area (Å²) in [7, 11) is 3.43. The minimum atomic E-state index is 0.169. The fourth-order valence-corrected chi connectivity index (χ4v) is 2.84. The Balaban J connectivity index is 2.28. The number of anilines is 1. The summed E-state index contributed by atoms with van der Waals surface area (Å²) in [6.45, 7) is 3.89. The molecule has 0 unspecified atom stereocenters. The van der Waals surface area contributed by atoms with Gasteiger partial charge in [-0.3, -0.25) is 4.68 Å². The molecule has 7 nitrogen and oxygen atoms in total. The van der Waals surface area contributed by atoms with Crippen molar-refractivity contribution in [2.75, 3.05) is 12.8 Å². The van der Waals surface area contributed by atoms with E-state index >= 15 is 0 Å². The van der Waals surface area contributed by atoms with Crippen LogP contribution < -0.4 is 10.5 Å². The number of hydrogen-bond acceptors (Lipinski definition) is 6. The fourth-order valence-electron chi connectivity index (χ4n) is 2.84. The summed E-state index contributed by atoms with van der Waals surface area (Å²) >= 11 is 0. The van der Waals surface area contributed by atoms with Gasteiger partial charge in [-0.25, -0.2) is 9.97 Å². The van der Waals surface area contributed by atoms with Crippen molar-refractivity contribution in [3.05, 3.63) is 41.2 Å². The average molecular weight is 334 g/mol. The van der Waals surface area contributed by atoms with Crippen molar-refractivity contribution in [2.45, 2.75) is 13.8 Å². The Kier molecular flexibility index (Phi) is 4.11. The number of pyridine rings is 2. The third-order valence-electron chi connectivity index (χ3n) is 4.13. The monoisotopic (exact) mass is 334 g/mol. The normalized spacial score (nSPS) is 10.5. The Labute approximate surface area is 145 Å². The Morgan fingerprint density at radius 1 is 1.20 bits per heavy atom. The molecule has 0 bridgehead atoms. The Hall–Kier alpha value is -3.40. The second-order valence-electron chi connectivity index (χ2n) is 5.66. The van der Waals surface area contributed by atoms with E-state index in [0.717, 1.165) is 17.0 Å². The number of nitriles is 1. The Bertz CT molecular complexity index is 1000. The molecule has 3 aromatic rings. The number of nitrogens with two attached hydrogens (primary N) is 1. The van der Waals surface area contributed by atoms with Gasteiger partial charge in [-0.1, -0.05) is 6.07 Å².